The quantitative estimate of drug-likeness (QED) is 0.374. The number of hydrogen-bond donors (Lipinski definition) is 1. The Morgan fingerprint density at radius 2 is 1.53 bits per heavy atom. The van der Waals surface area contributed by atoms with Crippen LogP contribution in [0, 0.1) is 6.92 Å². The van der Waals surface area contributed by atoms with Crippen molar-refractivity contribution in [2.75, 3.05) is 0 Å². The monoisotopic (exact) mass is 502 g/mol. The van der Waals surface area contributed by atoms with E-state index in [4.69, 9.17) is 11.6 Å². The van der Waals surface area contributed by atoms with Gasteiger partial charge in [0.2, 0.25) is 11.8 Å². The van der Waals surface area contributed by atoms with Gasteiger partial charge in [0, 0.05) is 24.0 Å². The van der Waals surface area contributed by atoms with Crippen LogP contribution in [-0.4, -0.2) is 28.8 Å². The van der Waals surface area contributed by atoms with Gasteiger partial charge < -0.3 is 10.2 Å². The van der Waals surface area contributed by atoms with E-state index in [1.54, 1.807) is 4.90 Å². The number of amides is 2. The van der Waals surface area contributed by atoms with Gasteiger partial charge >= 0.3 is 0 Å². The molecular weight excluding hydrogens is 468 g/mol. The van der Waals surface area contributed by atoms with Crippen LogP contribution in [0.2, 0.25) is 5.02 Å². The minimum atomic E-state index is -0.637. The Hall–Kier alpha value is -3.11. The normalized spacial score (nSPS) is 14.7. The lowest BCUT2D eigenvalue weighted by Crippen LogP contribution is -2.53. The molecule has 1 aliphatic carbocycles. The molecule has 1 N–H and O–H groups in total. The Balaban J connectivity index is 1.67. The van der Waals surface area contributed by atoms with E-state index in [9.17, 15) is 9.59 Å². The molecule has 0 unspecified atom stereocenters. The molecule has 0 saturated heterocycles. The summed E-state index contributed by atoms with van der Waals surface area (Å²) >= 11 is 6.52. The summed E-state index contributed by atoms with van der Waals surface area (Å²) in [6, 6.07) is 24.9. The molecular formula is C31H35ClN2O2. The van der Waals surface area contributed by atoms with Gasteiger partial charge in [-0.2, -0.15) is 0 Å². The van der Waals surface area contributed by atoms with Crippen molar-refractivity contribution in [3.63, 3.8) is 0 Å². The van der Waals surface area contributed by atoms with Gasteiger partial charge in [-0.05, 0) is 48.1 Å². The zero-order chi connectivity index (χ0) is 25.3. The van der Waals surface area contributed by atoms with E-state index in [0.29, 0.717) is 11.4 Å². The predicted octanol–water partition coefficient (Wildman–Crippen LogP) is 6.28. The van der Waals surface area contributed by atoms with Crippen LogP contribution < -0.4 is 5.32 Å². The molecule has 36 heavy (non-hydrogen) atoms. The van der Waals surface area contributed by atoms with Gasteiger partial charge in [-0.25, -0.2) is 0 Å². The second kappa shape index (κ2) is 12.7. The van der Waals surface area contributed by atoms with Crippen molar-refractivity contribution in [1.29, 1.82) is 0 Å². The van der Waals surface area contributed by atoms with Crippen LogP contribution in [0.5, 0.6) is 0 Å². The summed E-state index contributed by atoms with van der Waals surface area (Å²) in [6.07, 6.45) is 6.14. The third-order valence-electron chi connectivity index (χ3n) is 7.12. The van der Waals surface area contributed by atoms with Crippen molar-refractivity contribution in [3.8, 4) is 0 Å². The Bertz CT molecular complexity index is 1160. The molecule has 0 bridgehead atoms. The van der Waals surface area contributed by atoms with E-state index in [0.717, 1.165) is 47.9 Å². The second-order valence-electron chi connectivity index (χ2n) is 9.77. The second-order valence-corrected chi connectivity index (χ2v) is 10.2. The summed E-state index contributed by atoms with van der Waals surface area (Å²) in [5.41, 5.74) is 3.89. The molecule has 1 saturated carbocycles. The summed E-state index contributed by atoms with van der Waals surface area (Å²) in [6.45, 7) is 2.29. The first-order valence-electron chi connectivity index (χ1n) is 12.9. The van der Waals surface area contributed by atoms with Crippen molar-refractivity contribution < 1.29 is 9.59 Å². The molecule has 0 aliphatic heterocycles. The van der Waals surface area contributed by atoms with Gasteiger partial charge in [-0.15, -0.1) is 0 Å². The Labute approximate surface area is 219 Å². The smallest absolute Gasteiger partial charge is 0.243 e. The van der Waals surface area contributed by atoms with Crippen LogP contribution in [0.1, 0.15) is 54.4 Å². The number of carbonyl (C=O) groups is 2. The fourth-order valence-corrected chi connectivity index (χ4v) is 5.18. The van der Waals surface area contributed by atoms with Gasteiger partial charge in [0.15, 0.2) is 0 Å². The molecule has 2 amide bonds. The van der Waals surface area contributed by atoms with Gasteiger partial charge in [-0.3, -0.25) is 9.59 Å². The third kappa shape index (κ3) is 6.98. The maximum Gasteiger partial charge on any atom is 0.243 e. The molecule has 0 aromatic heterocycles. The maximum atomic E-state index is 13.9. The highest BCUT2D eigenvalue weighted by atomic mass is 35.5. The molecule has 0 radical (unpaired) electrons. The van der Waals surface area contributed by atoms with Gasteiger partial charge in [-0.1, -0.05) is 104 Å². The molecule has 1 fully saturated rings. The minimum Gasteiger partial charge on any atom is -0.352 e. The first-order valence-corrected chi connectivity index (χ1v) is 13.3. The summed E-state index contributed by atoms with van der Waals surface area (Å²) < 4.78 is 0. The standard InChI is InChI=1S/C31H35ClN2O2/c1-23-12-8-9-15-25(23)21-30(35)34(22-26-16-10-11-19-28(26)32)29(20-24-13-4-2-5-14-24)31(36)33-27-17-6-3-7-18-27/h2,4-5,8-16,19,27,29H,3,6-7,17-18,20-22H2,1H3,(H,33,36)/t29-/m0/s1. The molecule has 0 heterocycles. The minimum absolute atomic E-state index is 0.0797. The van der Waals surface area contributed by atoms with Crippen molar-refractivity contribution in [2.24, 2.45) is 0 Å². The van der Waals surface area contributed by atoms with E-state index < -0.39 is 6.04 Å². The van der Waals surface area contributed by atoms with E-state index in [1.807, 2.05) is 85.8 Å². The number of hydrogen-bond acceptors (Lipinski definition) is 2. The van der Waals surface area contributed by atoms with E-state index in [-0.39, 0.29) is 30.8 Å². The number of rotatable bonds is 9. The van der Waals surface area contributed by atoms with Crippen LogP contribution in [0.15, 0.2) is 78.9 Å². The Morgan fingerprint density at radius 1 is 0.889 bits per heavy atom. The highest BCUT2D eigenvalue weighted by Gasteiger charge is 2.32. The van der Waals surface area contributed by atoms with Crippen molar-refractivity contribution in [2.45, 2.75) is 70.5 Å². The number of benzene rings is 3. The van der Waals surface area contributed by atoms with E-state index >= 15 is 0 Å². The summed E-state index contributed by atoms with van der Waals surface area (Å²) in [7, 11) is 0. The number of aryl methyl sites for hydroxylation is 1. The molecule has 3 aromatic rings. The molecule has 0 spiro atoms. The number of nitrogens with one attached hydrogen (secondary N) is 1. The third-order valence-corrected chi connectivity index (χ3v) is 7.49. The topological polar surface area (TPSA) is 49.4 Å². The Morgan fingerprint density at radius 3 is 2.22 bits per heavy atom. The van der Waals surface area contributed by atoms with Crippen LogP contribution in [-0.2, 0) is 29.0 Å². The van der Waals surface area contributed by atoms with Crippen LogP contribution in [0.4, 0.5) is 0 Å². The molecule has 3 aromatic carbocycles. The highest BCUT2D eigenvalue weighted by Crippen LogP contribution is 2.23. The first kappa shape index (κ1) is 26.0. The number of nitrogens with zero attached hydrogens (tertiary/aromatic N) is 1. The molecule has 1 aliphatic rings. The largest absolute Gasteiger partial charge is 0.352 e. The molecule has 5 heteroatoms. The SMILES string of the molecule is Cc1ccccc1CC(=O)N(Cc1ccccc1Cl)[C@@H](Cc1ccccc1)C(=O)NC1CCCCC1. The number of halogens is 1. The lowest BCUT2D eigenvalue weighted by atomic mass is 9.94. The van der Waals surface area contributed by atoms with Gasteiger partial charge in [0.05, 0.1) is 6.42 Å². The van der Waals surface area contributed by atoms with E-state index in [2.05, 4.69) is 5.32 Å². The summed E-state index contributed by atoms with van der Waals surface area (Å²) in [5, 5.41) is 3.88. The average molecular weight is 503 g/mol. The predicted molar refractivity (Wildman–Crippen MR) is 146 cm³/mol. The maximum absolute atomic E-state index is 13.9. The fourth-order valence-electron chi connectivity index (χ4n) is 4.98. The molecule has 4 nitrogen and oxygen atoms in total. The van der Waals surface area contributed by atoms with Crippen LogP contribution in [0.25, 0.3) is 0 Å². The number of carbonyl (C=O) groups excluding carboxylic acids is 2. The molecule has 1 atom stereocenters. The lowest BCUT2D eigenvalue weighted by molar-refractivity contribution is -0.141. The van der Waals surface area contributed by atoms with Crippen molar-refractivity contribution >= 4 is 23.4 Å². The highest BCUT2D eigenvalue weighted by molar-refractivity contribution is 6.31. The zero-order valence-electron chi connectivity index (χ0n) is 21.0. The van der Waals surface area contributed by atoms with E-state index in [1.165, 1.54) is 6.42 Å². The van der Waals surface area contributed by atoms with Crippen molar-refractivity contribution in [3.05, 3.63) is 106 Å². The molecule has 4 rings (SSSR count). The fraction of sp³-hybridized carbons (Fsp3) is 0.355. The first-order chi connectivity index (χ1) is 17.5. The summed E-state index contributed by atoms with van der Waals surface area (Å²) in [5.74, 6) is -0.167. The van der Waals surface area contributed by atoms with Gasteiger partial charge in [0.1, 0.15) is 6.04 Å². The Kier molecular flexibility index (Phi) is 9.18. The average Bonchev–Trinajstić information content (AvgIpc) is 2.89. The van der Waals surface area contributed by atoms with Crippen LogP contribution in [0.3, 0.4) is 0 Å². The van der Waals surface area contributed by atoms with Gasteiger partial charge in [0.25, 0.3) is 0 Å². The van der Waals surface area contributed by atoms with Crippen molar-refractivity contribution in [1.82, 2.24) is 10.2 Å². The zero-order valence-corrected chi connectivity index (χ0v) is 21.7. The molecule has 188 valence electrons. The summed E-state index contributed by atoms with van der Waals surface area (Å²) in [4.78, 5) is 29.5. The van der Waals surface area contributed by atoms with Crippen LogP contribution >= 0.6 is 11.6 Å². The lowest BCUT2D eigenvalue weighted by Gasteiger charge is -2.34.